The number of nitro groups is 1. The Labute approximate surface area is 110 Å². The molecule has 18 heavy (non-hydrogen) atoms. The first kappa shape index (κ1) is 12.6. The number of hydrogen-bond acceptors (Lipinski definition) is 6. The second-order valence-corrected chi connectivity index (χ2v) is 4.38. The number of benzene rings is 1. The van der Waals surface area contributed by atoms with E-state index in [2.05, 4.69) is 41.9 Å². The molecular weight excluding hydrogens is 304 g/mol. The van der Waals surface area contributed by atoms with Gasteiger partial charge in [0, 0.05) is 22.6 Å². The van der Waals surface area contributed by atoms with Crippen molar-refractivity contribution >= 4 is 21.6 Å². The van der Waals surface area contributed by atoms with Crippen LogP contribution in [0.5, 0.6) is 0 Å². The van der Waals surface area contributed by atoms with E-state index in [0.717, 1.165) is 0 Å². The number of nitro benzene ring substituents is 1. The highest BCUT2D eigenvalue weighted by Gasteiger charge is 2.13. The van der Waals surface area contributed by atoms with E-state index in [-0.39, 0.29) is 5.69 Å². The van der Waals surface area contributed by atoms with Gasteiger partial charge in [-0.1, -0.05) is 21.1 Å². The standard InChI is InChI=1S/C9H9BrN6O2/c10-7-2-1-6(8(3-7)16(17)18)4-11-5-9-12-14-15-13-9/h1-3,11H,4-5H2,(H,12,13,14,15). The molecular formula is C9H9BrN6O2. The van der Waals surface area contributed by atoms with E-state index in [4.69, 9.17) is 0 Å². The molecule has 1 aromatic carbocycles. The zero-order valence-electron chi connectivity index (χ0n) is 9.13. The highest BCUT2D eigenvalue weighted by Crippen LogP contribution is 2.23. The molecule has 2 N–H and O–H groups in total. The summed E-state index contributed by atoms with van der Waals surface area (Å²) in [5.74, 6) is 0.509. The summed E-state index contributed by atoms with van der Waals surface area (Å²) in [6, 6.07) is 4.94. The SMILES string of the molecule is O=[N+]([O-])c1cc(Br)ccc1CNCc1nn[nH]n1. The van der Waals surface area contributed by atoms with Crippen LogP contribution in [0.4, 0.5) is 5.69 Å². The molecule has 0 fully saturated rings. The molecule has 0 atom stereocenters. The van der Waals surface area contributed by atoms with E-state index >= 15 is 0 Å². The van der Waals surface area contributed by atoms with Crippen molar-refractivity contribution in [3.05, 3.63) is 44.2 Å². The molecule has 2 aromatic rings. The summed E-state index contributed by atoms with van der Waals surface area (Å²) < 4.78 is 0.677. The monoisotopic (exact) mass is 312 g/mol. The lowest BCUT2D eigenvalue weighted by molar-refractivity contribution is -0.385. The summed E-state index contributed by atoms with van der Waals surface area (Å²) in [5, 5.41) is 27.2. The number of nitrogens with one attached hydrogen (secondary N) is 2. The Hall–Kier alpha value is -1.87. The van der Waals surface area contributed by atoms with E-state index in [1.54, 1.807) is 12.1 Å². The highest BCUT2D eigenvalue weighted by molar-refractivity contribution is 9.10. The van der Waals surface area contributed by atoms with E-state index in [0.29, 0.717) is 29.0 Å². The average Bonchev–Trinajstić information content (AvgIpc) is 2.84. The van der Waals surface area contributed by atoms with E-state index in [1.165, 1.54) is 6.07 Å². The Kier molecular flexibility index (Phi) is 3.95. The third kappa shape index (κ3) is 3.08. The maximum Gasteiger partial charge on any atom is 0.275 e. The summed E-state index contributed by atoms with van der Waals surface area (Å²) in [6.07, 6.45) is 0. The minimum atomic E-state index is -0.407. The Morgan fingerprint density at radius 1 is 1.44 bits per heavy atom. The van der Waals surface area contributed by atoms with Gasteiger partial charge in [0.2, 0.25) is 0 Å². The lowest BCUT2D eigenvalue weighted by Crippen LogP contribution is -2.14. The molecule has 0 saturated carbocycles. The molecule has 0 aliphatic rings. The third-order valence-electron chi connectivity index (χ3n) is 2.23. The number of tetrazole rings is 1. The van der Waals surface area contributed by atoms with E-state index in [9.17, 15) is 10.1 Å². The fourth-order valence-electron chi connectivity index (χ4n) is 1.42. The molecule has 0 amide bonds. The number of nitrogens with zero attached hydrogens (tertiary/aromatic N) is 4. The van der Waals surface area contributed by atoms with Crippen LogP contribution in [0.1, 0.15) is 11.4 Å². The number of hydrogen-bond donors (Lipinski definition) is 2. The Morgan fingerprint density at radius 2 is 2.28 bits per heavy atom. The quantitative estimate of drug-likeness (QED) is 0.633. The van der Waals surface area contributed by atoms with Crippen LogP contribution in [0.3, 0.4) is 0 Å². The maximum atomic E-state index is 10.9. The fourth-order valence-corrected chi connectivity index (χ4v) is 1.77. The molecule has 0 aliphatic heterocycles. The smallest absolute Gasteiger partial charge is 0.275 e. The van der Waals surface area contributed by atoms with Crippen molar-refractivity contribution in [3.63, 3.8) is 0 Å². The predicted octanol–water partition coefficient (Wildman–Crippen LogP) is 1.16. The van der Waals surface area contributed by atoms with Crippen molar-refractivity contribution in [2.45, 2.75) is 13.1 Å². The lowest BCUT2D eigenvalue weighted by Gasteiger charge is -2.04. The van der Waals surface area contributed by atoms with Crippen molar-refractivity contribution in [1.82, 2.24) is 25.9 Å². The van der Waals surface area contributed by atoms with Gasteiger partial charge in [0.05, 0.1) is 11.5 Å². The molecule has 2 rings (SSSR count). The lowest BCUT2D eigenvalue weighted by atomic mass is 10.2. The highest BCUT2D eigenvalue weighted by atomic mass is 79.9. The van der Waals surface area contributed by atoms with Crippen LogP contribution in [-0.4, -0.2) is 25.5 Å². The first-order chi connectivity index (χ1) is 8.66. The minimum Gasteiger partial charge on any atom is -0.305 e. The van der Waals surface area contributed by atoms with Crippen LogP contribution in [-0.2, 0) is 13.1 Å². The molecule has 8 nitrogen and oxygen atoms in total. The van der Waals surface area contributed by atoms with Gasteiger partial charge >= 0.3 is 0 Å². The number of aromatic nitrogens is 4. The van der Waals surface area contributed by atoms with Crippen molar-refractivity contribution in [1.29, 1.82) is 0 Å². The zero-order chi connectivity index (χ0) is 13.0. The Morgan fingerprint density at radius 3 is 2.94 bits per heavy atom. The summed E-state index contributed by atoms with van der Waals surface area (Å²) in [4.78, 5) is 10.5. The van der Waals surface area contributed by atoms with Gasteiger partial charge in [-0.3, -0.25) is 10.1 Å². The molecule has 0 bridgehead atoms. The van der Waals surface area contributed by atoms with Gasteiger partial charge < -0.3 is 5.32 Å². The van der Waals surface area contributed by atoms with E-state index < -0.39 is 4.92 Å². The maximum absolute atomic E-state index is 10.9. The van der Waals surface area contributed by atoms with Gasteiger partial charge in [0.1, 0.15) is 0 Å². The van der Waals surface area contributed by atoms with Crippen LogP contribution in [0.15, 0.2) is 22.7 Å². The number of halogens is 1. The van der Waals surface area contributed by atoms with Gasteiger partial charge in [0.15, 0.2) is 5.82 Å². The minimum absolute atomic E-state index is 0.0741. The molecule has 1 heterocycles. The van der Waals surface area contributed by atoms with Crippen LogP contribution in [0, 0.1) is 10.1 Å². The molecule has 94 valence electrons. The summed E-state index contributed by atoms with van der Waals surface area (Å²) >= 11 is 3.21. The Balaban J connectivity index is 2.02. The molecule has 9 heteroatoms. The number of aromatic amines is 1. The first-order valence-corrected chi connectivity index (χ1v) is 5.82. The van der Waals surface area contributed by atoms with Gasteiger partial charge in [-0.15, -0.1) is 10.2 Å². The van der Waals surface area contributed by atoms with Gasteiger partial charge in [-0.25, -0.2) is 0 Å². The zero-order valence-corrected chi connectivity index (χ0v) is 10.7. The molecule has 0 saturated heterocycles. The van der Waals surface area contributed by atoms with Gasteiger partial charge in [0.25, 0.3) is 5.69 Å². The van der Waals surface area contributed by atoms with Gasteiger partial charge in [-0.2, -0.15) is 5.21 Å². The number of H-pyrrole nitrogens is 1. The summed E-state index contributed by atoms with van der Waals surface area (Å²) in [7, 11) is 0. The number of rotatable bonds is 5. The third-order valence-corrected chi connectivity index (χ3v) is 2.73. The first-order valence-electron chi connectivity index (χ1n) is 5.02. The Bertz CT molecular complexity index is 544. The van der Waals surface area contributed by atoms with E-state index in [1.807, 2.05) is 0 Å². The normalized spacial score (nSPS) is 10.5. The molecule has 1 aromatic heterocycles. The molecule has 0 unspecified atom stereocenters. The topological polar surface area (TPSA) is 110 Å². The summed E-state index contributed by atoms with van der Waals surface area (Å²) in [5.41, 5.74) is 0.677. The molecule has 0 aliphatic carbocycles. The largest absolute Gasteiger partial charge is 0.305 e. The average molecular weight is 313 g/mol. The van der Waals surface area contributed by atoms with Gasteiger partial charge in [-0.05, 0) is 12.1 Å². The second-order valence-electron chi connectivity index (χ2n) is 3.46. The van der Waals surface area contributed by atoms with Crippen LogP contribution in [0.25, 0.3) is 0 Å². The van der Waals surface area contributed by atoms with Crippen molar-refractivity contribution in [2.24, 2.45) is 0 Å². The summed E-state index contributed by atoms with van der Waals surface area (Å²) in [6.45, 7) is 0.752. The van der Waals surface area contributed by atoms with Crippen molar-refractivity contribution < 1.29 is 4.92 Å². The molecule has 0 radical (unpaired) electrons. The van der Waals surface area contributed by atoms with Crippen LogP contribution < -0.4 is 5.32 Å². The van der Waals surface area contributed by atoms with Crippen LogP contribution in [0.2, 0.25) is 0 Å². The fraction of sp³-hybridized carbons (Fsp3) is 0.222. The van der Waals surface area contributed by atoms with Crippen molar-refractivity contribution in [3.8, 4) is 0 Å². The predicted molar refractivity (Wildman–Crippen MR) is 65.5 cm³/mol. The van der Waals surface area contributed by atoms with Crippen molar-refractivity contribution in [2.75, 3.05) is 0 Å². The second kappa shape index (κ2) is 5.65. The molecule has 0 spiro atoms. The van der Waals surface area contributed by atoms with Crippen LogP contribution >= 0.6 is 15.9 Å².